The predicted molar refractivity (Wildman–Crippen MR) is 43.1 cm³/mol. The van der Waals surface area contributed by atoms with Crippen LogP contribution in [0.3, 0.4) is 0 Å². The molecule has 0 amide bonds. The highest BCUT2D eigenvalue weighted by atomic mass is 32.1. The molecule has 0 aliphatic rings. The summed E-state index contributed by atoms with van der Waals surface area (Å²) in [6.45, 7) is 0. The quantitative estimate of drug-likeness (QED) is 0.412. The normalized spacial score (nSPS) is 9.44. The summed E-state index contributed by atoms with van der Waals surface area (Å²) < 4.78 is 0. The molecule has 3 nitrogen and oxygen atoms in total. The number of thiocarbonyl (C=S) groups is 1. The van der Waals surface area contributed by atoms with Gasteiger partial charge in [-0.1, -0.05) is 0 Å². The molecule has 0 unspecified atom stereocenters. The molecule has 0 spiro atoms. The first kappa shape index (κ1) is 8.65. The van der Waals surface area contributed by atoms with Crippen molar-refractivity contribution in [1.82, 2.24) is 15.3 Å². The summed E-state index contributed by atoms with van der Waals surface area (Å²) >= 11 is 4.93. The third kappa shape index (κ3) is 2.62. The zero-order valence-corrected chi connectivity index (χ0v) is 7.12. The van der Waals surface area contributed by atoms with Gasteiger partial charge in [-0.3, -0.25) is 5.01 Å². The number of hydrogen-bond acceptors (Lipinski definition) is 2. The zero-order chi connectivity index (χ0) is 7.44. The minimum Gasteiger partial charge on any atom is -0.365 e. The molecular formula is C5H13N3S. The van der Waals surface area contributed by atoms with Crippen LogP contribution in [0.5, 0.6) is 0 Å². The maximum absolute atomic E-state index is 4.93. The molecule has 4 heteroatoms. The highest BCUT2D eigenvalue weighted by molar-refractivity contribution is 7.80. The first-order chi connectivity index (χ1) is 4.09. The molecule has 0 aromatic heterocycles. The average Bonchev–Trinajstić information content (AvgIpc) is 1.84. The Morgan fingerprint density at radius 3 is 1.89 bits per heavy atom. The lowest BCUT2D eigenvalue weighted by molar-refractivity contribution is 0.143. The standard InChI is InChI=1S/C5H13N3S/c1-6-5(9)8(4)7(2)3/h1-4H3,(H,6,9). The molecule has 0 bridgehead atoms. The van der Waals surface area contributed by atoms with Crippen molar-refractivity contribution in [1.29, 1.82) is 0 Å². The lowest BCUT2D eigenvalue weighted by Gasteiger charge is -2.25. The monoisotopic (exact) mass is 147 g/mol. The van der Waals surface area contributed by atoms with Crippen molar-refractivity contribution >= 4 is 17.3 Å². The summed E-state index contributed by atoms with van der Waals surface area (Å²) in [7, 11) is 7.58. The van der Waals surface area contributed by atoms with E-state index in [1.165, 1.54) is 0 Å². The Kier molecular flexibility index (Phi) is 3.49. The van der Waals surface area contributed by atoms with Gasteiger partial charge in [0.05, 0.1) is 0 Å². The Labute approximate surface area is 61.6 Å². The number of hydrazine groups is 1. The Bertz CT molecular complexity index is 102. The van der Waals surface area contributed by atoms with Crippen molar-refractivity contribution in [2.24, 2.45) is 0 Å². The molecular weight excluding hydrogens is 134 g/mol. The average molecular weight is 147 g/mol. The van der Waals surface area contributed by atoms with Gasteiger partial charge in [0.1, 0.15) is 0 Å². The van der Waals surface area contributed by atoms with Crippen LogP contribution in [0.1, 0.15) is 0 Å². The van der Waals surface area contributed by atoms with E-state index in [2.05, 4.69) is 5.32 Å². The molecule has 0 aromatic carbocycles. The molecule has 0 rings (SSSR count). The molecule has 9 heavy (non-hydrogen) atoms. The minimum absolute atomic E-state index is 0.722. The van der Waals surface area contributed by atoms with Gasteiger partial charge < -0.3 is 5.32 Å². The van der Waals surface area contributed by atoms with Gasteiger partial charge in [0.2, 0.25) is 0 Å². The van der Waals surface area contributed by atoms with Crippen molar-refractivity contribution in [3.63, 3.8) is 0 Å². The van der Waals surface area contributed by atoms with Crippen LogP contribution in [0.2, 0.25) is 0 Å². The van der Waals surface area contributed by atoms with Gasteiger partial charge >= 0.3 is 0 Å². The summed E-state index contributed by atoms with van der Waals surface area (Å²) in [6, 6.07) is 0. The largest absolute Gasteiger partial charge is 0.365 e. The number of nitrogens with zero attached hydrogens (tertiary/aromatic N) is 2. The van der Waals surface area contributed by atoms with E-state index in [4.69, 9.17) is 12.2 Å². The maximum Gasteiger partial charge on any atom is 0.183 e. The van der Waals surface area contributed by atoms with Crippen molar-refractivity contribution in [3.8, 4) is 0 Å². The van der Waals surface area contributed by atoms with Crippen LogP contribution in [-0.2, 0) is 0 Å². The van der Waals surface area contributed by atoms with Gasteiger partial charge in [0.15, 0.2) is 5.11 Å². The van der Waals surface area contributed by atoms with Gasteiger partial charge in [-0.25, -0.2) is 5.01 Å². The van der Waals surface area contributed by atoms with E-state index in [0.717, 1.165) is 5.11 Å². The molecule has 1 N–H and O–H groups in total. The Morgan fingerprint density at radius 2 is 1.78 bits per heavy atom. The Hall–Kier alpha value is -0.350. The molecule has 0 heterocycles. The summed E-state index contributed by atoms with van der Waals surface area (Å²) in [5.41, 5.74) is 0. The maximum atomic E-state index is 4.93. The van der Waals surface area contributed by atoms with Gasteiger partial charge in [-0.05, 0) is 12.2 Å². The van der Waals surface area contributed by atoms with E-state index in [-0.39, 0.29) is 0 Å². The number of hydrogen-bond donors (Lipinski definition) is 1. The van der Waals surface area contributed by atoms with Crippen LogP contribution in [0, 0.1) is 0 Å². The van der Waals surface area contributed by atoms with E-state index in [9.17, 15) is 0 Å². The lowest BCUT2D eigenvalue weighted by Crippen LogP contribution is -2.43. The summed E-state index contributed by atoms with van der Waals surface area (Å²) in [4.78, 5) is 0. The molecule has 0 aromatic rings. The summed E-state index contributed by atoms with van der Waals surface area (Å²) in [5, 5.41) is 7.33. The molecule has 54 valence electrons. The van der Waals surface area contributed by atoms with Crippen LogP contribution in [0.4, 0.5) is 0 Å². The van der Waals surface area contributed by atoms with E-state index >= 15 is 0 Å². The van der Waals surface area contributed by atoms with Crippen LogP contribution in [0.25, 0.3) is 0 Å². The van der Waals surface area contributed by atoms with Crippen LogP contribution < -0.4 is 5.32 Å². The Morgan fingerprint density at radius 1 is 1.33 bits per heavy atom. The van der Waals surface area contributed by atoms with Crippen LogP contribution in [0.15, 0.2) is 0 Å². The lowest BCUT2D eigenvalue weighted by atomic mass is 10.9. The second-order valence-electron chi connectivity index (χ2n) is 1.93. The van der Waals surface area contributed by atoms with E-state index in [1.54, 1.807) is 0 Å². The van der Waals surface area contributed by atoms with Crippen LogP contribution in [-0.4, -0.2) is 43.3 Å². The van der Waals surface area contributed by atoms with E-state index in [1.807, 2.05) is 38.2 Å². The van der Waals surface area contributed by atoms with E-state index in [0.29, 0.717) is 0 Å². The summed E-state index contributed by atoms with van der Waals surface area (Å²) in [6.07, 6.45) is 0. The first-order valence-corrected chi connectivity index (χ1v) is 3.13. The molecule has 0 radical (unpaired) electrons. The summed E-state index contributed by atoms with van der Waals surface area (Å²) in [5.74, 6) is 0. The molecule has 0 saturated carbocycles. The molecule has 0 atom stereocenters. The molecule has 0 fully saturated rings. The third-order valence-electron chi connectivity index (χ3n) is 1.11. The van der Waals surface area contributed by atoms with E-state index < -0.39 is 0 Å². The number of nitrogens with one attached hydrogen (secondary N) is 1. The Balaban J connectivity index is 3.72. The second kappa shape index (κ2) is 3.63. The van der Waals surface area contributed by atoms with Crippen LogP contribution >= 0.6 is 12.2 Å². The highest BCUT2D eigenvalue weighted by Crippen LogP contribution is 1.85. The molecule has 0 saturated heterocycles. The third-order valence-corrected chi connectivity index (χ3v) is 1.58. The van der Waals surface area contributed by atoms with Crippen molar-refractivity contribution in [2.75, 3.05) is 28.2 Å². The molecule has 0 aliphatic carbocycles. The fourth-order valence-corrected chi connectivity index (χ4v) is 0.507. The van der Waals surface area contributed by atoms with Gasteiger partial charge in [-0.2, -0.15) is 0 Å². The fraction of sp³-hybridized carbons (Fsp3) is 0.800. The molecule has 0 aliphatic heterocycles. The van der Waals surface area contributed by atoms with Crippen molar-refractivity contribution in [3.05, 3.63) is 0 Å². The SMILES string of the molecule is CNC(=S)N(C)N(C)C. The first-order valence-electron chi connectivity index (χ1n) is 2.72. The minimum atomic E-state index is 0.722. The van der Waals surface area contributed by atoms with Gasteiger partial charge in [0, 0.05) is 28.2 Å². The second-order valence-corrected chi connectivity index (χ2v) is 2.31. The smallest absolute Gasteiger partial charge is 0.183 e. The zero-order valence-electron chi connectivity index (χ0n) is 6.30. The fourth-order valence-electron chi connectivity index (χ4n) is 0.343. The number of rotatable bonds is 1. The van der Waals surface area contributed by atoms with Crippen molar-refractivity contribution < 1.29 is 0 Å². The van der Waals surface area contributed by atoms with Gasteiger partial charge in [-0.15, -0.1) is 0 Å². The highest BCUT2D eigenvalue weighted by Gasteiger charge is 2.01. The van der Waals surface area contributed by atoms with Crippen molar-refractivity contribution in [2.45, 2.75) is 0 Å². The van der Waals surface area contributed by atoms with Gasteiger partial charge in [0.25, 0.3) is 0 Å². The predicted octanol–water partition coefficient (Wildman–Crippen LogP) is -0.101. The topological polar surface area (TPSA) is 18.5 Å².